The van der Waals surface area contributed by atoms with Crippen LogP contribution in [0.1, 0.15) is 23.0 Å². The summed E-state index contributed by atoms with van der Waals surface area (Å²) in [4.78, 5) is 7.04. The molecule has 0 aromatic heterocycles. The molecule has 0 spiro atoms. The maximum atomic E-state index is 7.00. The number of rotatable bonds is 3. The van der Waals surface area contributed by atoms with E-state index in [-0.39, 0.29) is 0 Å². The first-order chi connectivity index (χ1) is 21.0. The smallest absolute Gasteiger partial charge is 0.184 e. The van der Waals surface area contributed by atoms with E-state index in [0.29, 0.717) is 24.0 Å². The predicted octanol–water partition coefficient (Wildman–Crippen LogP) is 6.98. The molecule has 216 valence electrons. The molecular weight excluding hydrogens is 530 g/mol. The Morgan fingerprint density at radius 3 is 1.91 bits per heavy atom. The highest BCUT2D eigenvalue weighted by Gasteiger charge is 2.72. The molecule has 1 aliphatic carbocycles. The fraction of sp³-hybridized carbons (Fsp3) is 0.263. The highest BCUT2D eigenvalue weighted by molar-refractivity contribution is 6.18. The molecule has 3 fully saturated rings. The molecule has 5 heteroatoms. The lowest BCUT2D eigenvalue weighted by atomic mass is 9.56. The van der Waals surface area contributed by atoms with E-state index >= 15 is 0 Å². The minimum absolute atomic E-state index is 0.335. The van der Waals surface area contributed by atoms with Gasteiger partial charge in [-0.15, -0.1) is 0 Å². The number of aliphatic hydroxyl groups is 3. The molecule has 5 nitrogen and oxygen atoms in total. The van der Waals surface area contributed by atoms with Crippen molar-refractivity contribution in [2.75, 3.05) is 56.7 Å². The van der Waals surface area contributed by atoms with Crippen LogP contribution in [0.25, 0.3) is 43.1 Å². The number of ether oxygens (including phenoxy) is 1. The van der Waals surface area contributed by atoms with Gasteiger partial charge in [-0.2, -0.15) is 0 Å². The second-order valence-electron chi connectivity index (χ2n) is 12.6. The van der Waals surface area contributed by atoms with Gasteiger partial charge in [0.25, 0.3) is 0 Å². The van der Waals surface area contributed by atoms with Crippen molar-refractivity contribution in [1.29, 1.82) is 0 Å². The van der Waals surface area contributed by atoms with Crippen molar-refractivity contribution in [3.63, 3.8) is 0 Å². The van der Waals surface area contributed by atoms with Crippen molar-refractivity contribution in [3.8, 4) is 0 Å². The monoisotopic (exact) mass is 568 g/mol. The molecule has 2 atom stereocenters. The zero-order chi connectivity index (χ0) is 29.6. The molecule has 3 heterocycles. The summed E-state index contributed by atoms with van der Waals surface area (Å²) >= 11 is 0. The summed E-state index contributed by atoms with van der Waals surface area (Å²) in [5, 5.41) is 17.8. The SMILES string of the molecule is CN(C)c1ccc(C2C3[OH+]C2C3c2ccc3c4c(c5ccccc5cc24)N(C)CN3C)c2cc3ccccc3cc12.CO. The van der Waals surface area contributed by atoms with Crippen LogP contribution in [-0.2, 0) is 0 Å². The maximum absolute atomic E-state index is 7.00. The minimum Gasteiger partial charge on any atom is -0.426 e. The molecule has 2 unspecified atom stereocenters. The van der Waals surface area contributed by atoms with Crippen LogP contribution in [0.15, 0.2) is 91.0 Å². The van der Waals surface area contributed by atoms with Crippen molar-refractivity contribution >= 4 is 60.2 Å². The molecule has 0 amide bonds. The van der Waals surface area contributed by atoms with E-state index in [4.69, 9.17) is 9.84 Å². The van der Waals surface area contributed by atoms with Gasteiger partial charge in [-0.05, 0) is 68.4 Å². The van der Waals surface area contributed by atoms with Crippen molar-refractivity contribution < 1.29 is 9.84 Å². The highest BCUT2D eigenvalue weighted by atomic mass is 16.6. The van der Waals surface area contributed by atoms with Gasteiger partial charge in [-0.3, -0.25) is 0 Å². The van der Waals surface area contributed by atoms with Gasteiger partial charge in [0, 0.05) is 62.8 Å². The van der Waals surface area contributed by atoms with Gasteiger partial charge in [0.2, 0.25) is 0 Å². The lowest BCUT2D eigenvalue weighted by Gasteiger charge is -2.58. The highest BCUT2D eigenvalue weighted by Crippen LogP contribution is 2.62. The molecule has 0 radical (unpaired) electrons. The Hall–Kier alpha value is -4.32. The zero-order valence-corrected chi connectivity index (χ0v) is 25.4. The van der Waals surface area contributed by atoms with Crippen LogP contribution in [0.3, 0.4) is 0 Å². The number of benzene rings is 6. The summed E-state index contributed by atoms with van der Waals surface area (Å²) < 4.78 is 5.16. The number of fused-ring (bicyclic) bond motifs is 4. The summed E-state index contributed by atoms with van der Waals surface area (Å²) in [6, 6.07) is 34.3. The number of anilines is 3. The van der Waals surface area contributed by atoms with E-state index < -0.39 is 0 Å². The average Bonchev–Trinajstić information content (AvgIpc) is 2.98. The molecule has 10 rings (SSSR count). The summed E-state index contributed by atoms with van der Waals surface area (Å²) in [6.07, 6.45) is 0.671. The summed E-state index contributed by atoms with van der Waals surface area (Å²) in [6.45, 7) is 0.895. The third kappa shape index (κ3) is 3.58. The Kier molecular flexibility index (Phi) is 5.87. The van der Waals surface area contributed by atoms with Crippen molar-refractivity contribution in [3.05, 3.63) is 102 Å². The molecule has 2 saturated heterocycles. The van der Waals surface area contributed by atoms with Crippen molar-refractivity contribution in [2.45, 2.75) is 24.0 Å². The Labute approximate surface area is 252 Å². The van der Waals surface area contributed by atoms with Gasteiger partial charge in [0.05, 0.1) is 12.4 Å². The first-order valence-electron chi connectivity index (χ1n) is 15.2. The second-order valence-corrected chi connectivity index (χ2v) is 12.6. The lowest BCUT2D eigenvalue weighted by molar-refractivity contribution is -0.393. The third-order valence-electron chi connectivity index (χ3n) is 10.1. The zero-order valence-electron chi connectivity index (χ0n) is 25.4. The largest absolute Gasteiger partial charge is 0.426 e. The van der Waals surface area contributed by atoms with Gasteiger partial charge in [0.1, 0.15) is 11.8 Å². The normalized spacial score (nSPS) is 21.9. The quantitative estimate of drug-likeness (QED) is 0.185. The first kappa shape index (κ1) is 26.3. The van der Waals surface area contributed by atoms with Crippen LogP contribution in [0, 0.1) is 0 Å². The molecule has 3 aliphatic heterocycles. The maximum Gasteiger partial charge on any atom is 0.184 e. The van der Waals surface area contributed by atoms with E-state index in [1.165, 1.54) is 71.3 Å². The Morgan fingerprint density at radius 2 is 1.23 bits per heavy atom. The van der Waals surface area contributed by atoms with Crippen molar-refractivity contribution in [2.24, 2.45) is 0 Å². The van der Waals surface area contributed by atoms with Gasteiger partial charge in [-0.1, -0.05) is 60.7 Å². The van der Waals surface area contributed by atoms with Crippen LogP contribution >= 0.6 is 0 Å². The molecule has 6 aromatic carbocycles. The first-order valence-corrected chi connectivity index (χ1v) is 15.2. The average molecular weight is 569 g/mol. The number of aliphatic hydroxyl groups excluding tert-OH is 1. The van der Waals surface area contributed by atoms with E-state index in [0.717, 1.165) is 13.8 Å². The number of nitrogens with zero attached hydrogens (tertiary/aromatic N) is 3. The molecule has 43 heavy (non-hydrogen) atoms. The van der Waals surface area contributed by atoms with Crippen LogP contribution in [0.2, 0.25) is 0 Å². The molecule has 6 aromatic rings. The molecule has 2 N–H and O–H groups in total. The Balaban J connectivity index is 0.00000136. The lowest BCUT2D eigenvalue weighted by Crippen LogP contribution is -2.70. The van der Waals surface area contributed by atoms with Crippen LogP contribution in [0.4, 0.5) is 17.1 Å². The standard InChI is InChI=1S/C37H33N3O.CH4O/c1-38(2)30-15-13-25(27-17-21-9-5-6-10-22(21)18-28(27)30)33-36-34(37(33)41-36)26-14-16-31-32-29(26)19-23-11-7-8-12-24(23)35(32)40(4)20-39(31)3;1-2/h5-19,33-34,36-37H,20H2,1-4H3;2H,1H3/p+1. The van der Waals surface area contributed by atoms with Crippen LogP contribution in [-0.4, -0.2) is 64.0 Å². The molecule has 1 saturated carbocycles. The summed E-state index contributed by atoms with van der Waals surface area (Å²) in [7, 11) is 9.73. The van der Waals surface area contributed by atoms with E-state index in [9.17, 15) is 0 Å². The fourth-order valence-electron chi connectivity index (χ4n) is 8.16. The van der Waals surface area contributed by atoms with Crippen LogP contribution in [0.5, 0.6) is 0 Å². The molecular formula is C38H38N3O2+. The summed E-state index contributed by atoms with van der Waals surface area (Å²) in [5.74, 6) is 0.956. The minimum atomic E-state index is 0.335. The van der Waals surface area contributed by atoms with Gasteiger partial charge < -0.3 is 24.5 Å². The van der Waals surface area contributed by atoms with Crippen molar-refractivity contribution in [1.82, 2.24) is 0 Å². The number of hydrogen-bond donors (Lipinski definition) is 1. The van der Waals surface area contributed by atoms with E-state index in [1.54, 1.807) is 0 Å². The fourth-order valence-corrected chi connectivity index (χ4v) is 8.16. The Morgan fingerprint density at radius 1 is 0.651 bits per heavy atom. The van der Waals surface area contributed by atoms with Gasteiger partial charge in [-0.25, -0.2) is 0 Å². The van der Waals surface area contributed by atoms with Crippen LogP contribution < -0.4 is 14.7 Å². The third-order valence-corrected chi connectivity index (χ3v) is 10.1. The molecule has 2 bridgehead atoms. The predicted molar refractivity (Wildman–Crippen MR) is 182 cm³/mol. The second kappa shape index (κ2) is 9.60. The Bertz CT molecular complexity index is 2060. The summed E-state index contributed by atoms with van der Waals surface area (Å²) in [5.41, 5.74) is 6.92. The topological polar surface area (TPSA) is 42.8 Å². The van der Waals surface area contributed by atoms with E-state index in [1.807, 2.05) is 0 Å². The van der Waals surface area contributed by atoms with E-state index in [2.05, 4.69) is 134 Å². The number of hydrogen-bond acceptors (Lipinski definition) is 4. The molecule has 4 aliphatic rings. The van der Waals surface area contributed by atoms with Gasteiger partial charge in [0.15, 0.2) is 12.2 Å². The van der Waals surface area contributed by atoms with Gasteiger partial charge >= 0.3 is 0 Å².